The lowest BCUT2D eigenvalue weighted by Crippen LogP contribution is -2.37. The van der Waals surface area contributed by atoms with Gasteiger partial charge in [0, 0.05) is 30.4 Å². The first-order valence-electron chi connectivity index (χ1n) is 11.6. The Kier molecular flexibility index (Phi) is 8.68. The van der Waals surface area contributed by atoms with Crippen molar-refractivity contribution in [2.24, 2.45) is 0 Å². The SMILES string of the molecule is CCCCOc1ccc(NC(=O)CCN(CC(=O)Nc2c(C)cccc2C)C2CC2)cc1. The molecule has 0 bridgehead atoms. The highest BCUT2D eigenvalue weighted by atomic mass is 16.5. The second-order valence-electron chi connectivity index (χ2n) is 8.54. The maximum absolute atomic E-state index is 12.7. The number of unbranched alkanes of at least 4 members (excludes halogenated alkanes) is 1. The van der Waals surface area contributed by atoms with Crippen LogP contribution >= 0.6 is 0 Å². The lowest BCUT2D eigenvalue weighted by Gasteiger charge is -2.22. The van der Waals surface area contributed by atoms with E-state index in [4.69, 9.17) is 4.74 Å². The van der Waals surface area contributed by atoms with Crippen molar-refractivity contribution < 1.29 is 14.3 Å². The Balaban J connectivity index is 1.46. The molecule has 0 heterocycles. The molecular formula is C26H35N3O3. The van der Waals surface area contributed by atoms with Gasteiger partial charge >= 0.3 is 0 Å². The molecule has 172 valence electrons. The molecule has 3 rings (SSSR count). The van der Waals surface area contributed by atoms with Crippen LogP contribution in [0.15, 0.2) is 42.5 Å². The minimum atomic E-state index is -0.0505. The van der Waals surface area contributed by atoms with Gasteiger partial charge in [0.05, 0.1) is 13.2 Å². The molecule has 1 saturated carbocycles. The van der Waals surface area contributed by atoms with Gasteiger partial charge in [0.25, 0.3) is 0 Å². The highest BCUT2D eigenvalue weighted by molar-refractivity contribution is 5.94. The third kappa shape index (κ3) is 7.38. The Labute approximate surface area is 191 Å². The Morgan fingerprint density at radius 1 is 1.00 bits per heavy atom. The molecule has 32 heavy (non-hydrogen) atoms. The van der Waals surface area contributed by atoms with E-state index < -0.39 is 0 Å². The van der Waals surface area contributed by atoms with Crippen molar-refractivity contribution in [1.29, 1.82) is 0 Å². The fourth-order valence-corrected chi connectivity index (χ4v) is 3.64. The zero-order valence-electron chi connectivity index (χ0n) is 19.4. The van der Waals surface area contributed by atoms with E-state index in [1.807, 2.05) is 56.3 Å². The Morgan fingerprint density at radius 2 is 1.69 bits per heavy atom. The van der Waals surface area contributed by atoms with Crippen molar-refractivity contribution in [2.45, 2.75) is 58.9 Å². The predicted octanol–water partition coefficient (Wildman–Crippen LogP) is 4.91. The molecule has 0 atom stereocenters. The Bertz CT molecular complexity index is 887. The summed E-state index contributed by atoms with van der Waals surface area (Å²) < 4.78 is 5.66. The second kappa shape index (κ2) is 11.7. The van der Waals surface area contributed by atoms with Crippen LogP contribution in [0.5, 0.6) is 5.75 Å². The average Bonchev–Trinajstić information content (AvgIpc) is 3.61. The van der Waals surface area contributed by atoms with E-state index >= 15 is 0 Å². The molecule has 2 aromatic carbocycles. The van der Waals surface area contributed by atoms with Gasteiger partial charge in [0.1, 0.15) is 5.75 Å². The van der Waals surface area contributed by atoms with E-state index in [1.165, 1.54) is 0 Å². The first-order chi connectivity index (χ1) is 15.5. The lowest BCUT2D eigenvalue weighted by molar-refractivity contribution is -0.119. The number of hydrogen-bond donors (Lipinski definition) is 2. The highest BCUT2D eigenvalue weighted by Crippen LogP contribution is 2.27. The van der Waals surface area contributed by atoms with E-state index in [0.29, 0.717) is 32.2 Å². The molecule has 0 aromatic heterocycles. The standard InChI is InChI=1S/C26H35N3O3/c1-4-5-17-32-23-13-9-21(10-14-23)27-24(30)15-16-29(22-11-12-22)18-25(31)28-26-19(2)7-6-8-20(26)3/h6-10,13-14,22H,4-5,11-12,15-18H2,1-3H3,(H,27,30)(H,28,31). The highest BCUT2D eigenvalue weighted by Gasteiger charge is 2.30. The van der Waals surface area contributed by atoms with E-state index in [2.05, 4.69) is 22.5 Å². The van der Waals surface area contributed by atoms with Gasteiger partial charge in [-0.3, -0.25) is 14.5 Å². The van der Waals surface area contributed by atoms with Crippen molar-refractivity contribution in [1.82, 2.24) is 4.90 Å². The van der Waals surface area contributed by atoms with Gasteiger partial charge in [0.2, 0.25) is 11.8 Å². The summed E-state index contributed by atoms with van der Waals surface area (Å²) in [5, 5.41) is 5.99. The zero-order chi connectivity index (χ0) is 22.9. The number of para-hydroxylation sites is 1. The first-order valence-corrected chi connectivity index (χ1v) is 11.6. The topological polar surface area (TPSA) is 70.7 Å². The van der Waals surface area contributed by atoms with Crippen LogP contribution in [0.25, 0.3) is 0 Å². The number of anilines is 2. The zero-order valence-corrected chi connectivity index (χ0v) is 19.4. The van der Waals surface area contributed by atoms with Gasteiger partial charge in [-0.15, -0.1) is 0 Å². The van der Waals surface area contributed by atoms with Gasteiger partial charge in [0.15, 0.2) is 0 Å². The molecule has 2 amide bonds. The van der Waals surface area contributed by atoms with Gasteiger partial charge < -0.3 is 15.4 Å². The van der Waals surface area contributed by atoms with Crippen molar-refractivity contribution in [3.05, 3.63) is 53.6 Å². The smallest absolute Gasteiger partial charge is 0.238 e. The number of carbonyl (C=O) groups is 2. The molecule has 6 nitrogen and oxygen atoms in total. The molecule has 1 aliphatic carbocycles. The van der Waals surface area contributed by atoms with Gasteiger partial charge in [-0.2, -0.15) is 0 Å². The summed E-state index contributed by atoms with van der Waals surface area (Å²) in [5.41, 5.74) is 3.74. The number of hydrogen-bond acceptors (Lipinski definition) is 4. The van der Waals surface area contributed by atoms with Crippen LogP contribution in [0.4, 0.5) is 11.4 Å². The number of amides is 2. The average molecular weight is 438 g/mol. The number of rotatable bonds is 12. The van der Waals surface area contributed by atoms with Gasteiger partial charge in [-0.1, -0.05) is 31.5 Å². The first kappa shape index (κ1) is 23.8. The second-order valence-corrected chi connectivity index (χ2v) is 8.54. The number of nitrogens with one attached hydrogen (secondary N) is 2. The lowest BCUT2D eigenvalue weighted by atomic mass is 10.1. The summed E-state index contributed by atoms with van der Waals surface area (Å²) >= 11 is 0. The predicted molar refractivity (Wildman–Crippen MR) is 129 cm³/mol. The Morgan fingerprint density at radius 3 is 2.31 bits per heavy atom. The number of benzene rings is 2. The Hall–Kier alpha value is -2.86. The van der Waals surface area contributed by atoms with Crippen molar-refractivity contribution in [2.75, 3.05) is 30.3 Å². The van der Waals surface area contributed by atoms with Crippen LogP contribution in [0.3, 0.4) is 0 Å². The van der Waals surface area contributed by atoms with E-state index in [1.54, 1.807) is 0 Å². The molecule has 0 radical (unpaired) electrons. The van der Waals surface area contributed by atoms with Crippen molar-refractivity contribution in [3.8, 4) is 5.75 Å². The van der Waals surface area contributed by atoms with Crippen LogP contribution in [0.1, 0.15) is 50.2 Å². The molecule has 6 heteroatoms. The molecule has 0 aliphatic heterocycles. The molecule has 2 aromatic rings. The third-order valence-electron chi connectivity index (χ3n) is 5.69. The molecule has 0 unspecified atom stereocenters. The monoisotopic (exact) mass is 437 g/mol. The van der Waals surface area contributed by atoms with E-state index in [-0.39, 0.29) is 11.8 Å². The van der Waals surface area contributed by atoms with E-state index in [0.717, 1.165) is 53.9 Å². The summed E-state index contributed by atoms with van der Waals surface area (Å²) in [4.78, 5) is 27.2. The summed E-state index contributed by atoms with van der Waals surface area (Å²) in [6.07, 6.45) is 4.63. The quantitative estimate of drug-likeness (QED) is 0.463. The van der Waals surface area contributed by atoms with E-state index in [9.17, 15) is 9.59 Å². The summed E-state index contributed by atoms with van der Waals surface area (Å²) in [5.74, 6) is 0.727. The fraction of sp³-hybridized carbons (Fsp3) is 0.462. The number of carbonyl (C=O) groups excluding carboxylic acids is 2. The summed E-state index contributed by atoms with van der Waals surface area (Å²) in [7, 11) is 0. The van der Waals surface area contributed by atoms with Crippen molar-refractivity contribution in [3.63, 3.8) is 0 Å². The molecule has 0 saturated heterocycles. The molecule has 1 fully saturated rings. The maximum Gasteiger partial charge on any atom is 0.238 e. The van der Waals surface area contributed by atoms with Gasteiger partial charge in [-0.25, -0.2) is 0 Å². The minimum absolute atomic E-state index is 0.0339. The molecular weight excluding hydrogens is 402 g/mol. The van der Waals surface area contributed by atoms with Crippen LogP contribution in [-0.2, 0) is 9.59 Å². The normalized spacial score (nSPS) is 13.1. The number of nitrogens with zero attached hydrogens (tertiary/aromatic N) is 1. The number of aryl methyl sites for hydroxylation is 2. The minimum Gasteiger partial charge on any atom is -0.494 e. The summed E-state index contributed by atoms with van der Waals surface area (Å²) in [6, 6.07) is 13.8. The van der Waals surface area contributed by atoms with Crippen molar-refractivity contribution >= 4 is 23.2 Å². The molecule has 0 spiro atoms. The summed E-state index contributed by atoms with van der Waals surface area (Å²) in [6.45, 7) is 7.69. The van der Waals surface area contributed by atoms with Gasteiger partial charge in [-0.05, 0) is 68.5 Å². The maximum atomic E-state index is 12.7. The van der Waals surface area contributed by atoms with Crippen LogP contribution in [0, 0.1) is 13.8 Å². The largest absolute Gasteiger partial charge is 0.494 e. The van der Waals surface area contributed by atoms with Crippen LogP contribution < -0.4 is 15.4 Å². The molecule has 2 N–H and O–H groups in total. The number of ether oxygens (including phenoxy) is 1. The van der Waals surface area contributed by atoms with Crippen LogP contribution in [-0.4, -0.2) is 42.5 Å². The van der Waals surface area contributed by atoms with Crippen LogP contribution in [0.2, 0.25) is 0 Å². The molecule has 1 aliphatic rings. The fourth-order valence-electron chi connectivity index (χ4n) is 3.64. The third-order valence-corrected chi connectivity index (χ3v) is 5.69.